The van der Waals surface area contributed by atoms with Crippen LogP contribution in [0.2, 0.25) is 0 Å². The molecular formula is C16H23NO4. The standard InChI is InChI=1S/C16H23NO4/c1-11(14-10-13(18)6-7-15(14)19)17-9-3-2-4-12(17)5-8-16(20)21/h6-7,10-12,18-19H,2-5,8-9H2,1H3,(H,20,21). The molecule has 0 aromatic heterocycles. The van der Waals surface area contributed by atoms with Gasteiger partial charge in [0.25, 0.3) is 0 Å². The molecule has 5 heteroatoms. The molecule has 2 unspecified atom stereocenters. The lowest BCUT2D eigenvalue weighted by Crippen LogP contribution is -2.41. The predicted molar refractivity (Wildman–Crippen MR) is 79.4 cm³/mol. The largest absolute Gasteiger partial charge is 0.508 e. The Labute approximate surface area is 124 Å². The number of phenols is 2. The number of rotatable bonds is 5. The smallest absolute Gasteiger partial charge is 0.303 e. The summed E-state index contributed by atoms with van der Waals surface area (Å²) in [7, 11) is 0. The molecule has 0 saturated carbocycles. The van der Waals surface area contributed by atoms with E-state index < -0.39 is 5.97 Å². The molecule has 0 aliphatic carbocycles. The first-order valence-corrected chi connectivity index (χ1v) is 7.48. The molecule has 1 aromatic carbocycles. The minimum absolute atomic E-state index is 0.0452. The second-order valence-electron chi connectivity index (χ2n) is 5.74. The van der Waals surface area contributed by atoms with E-state index in [2.05, 4.69) is 4.90 Å². The van der Waals surface area contributed by atoms with Crippen LogP contribution in [0.5, 0.6) is 11.5 Å². The van der Waals surface area contributed by atoms with Gasteiger partial charge in [-0.1, -0.05) is 6.42 Å². The summed E-state index contributed by atoms with van der Waals surface area (Å²) < 4.78 is 0. The zero-order chi connectivity index (χ0) is 15.4. The van der Waals surface area contributed by atoms with Crippen molar-refractivity contribution in [3.8, 4) is 11.5 Å². The minimum atomic E-state index is -0.770. The molecule has 5 nitrogen and oxygen atoms in total. The Morgan fingerprint density at radius 2 is 2.14 bits per heavy atom. The van der Waals surface area contributed by atoms with E-state index in [0.717, 1.165) is 25.8 Å². The topological polar surface area (TPSA) is 81.0 Å². The average Bonchev–Trinajstić information content (AvgIpc) is 2.47. The molecule has 2 rings (SSSR count). The van der Waals surface area contributed by atoms with Crippen LogP contribution in [0.3, 0.4) is 0 Å². The van der Waals surface area contributed by atoms with Gasteiger partial charge in [0.1, 0.15) is 11.5 Å². The van der Waals surface area contributed by atoms with Gasteiger partial charge in [-0.25, -0.2) is 0 Å². The van der Waals surface area contributed by atoms with E-state index in [9.17, 15) is 15.0 Å². The van der Waals surface area contributed by atoms with Crippen LogP contribution in [0.15, 0.2) is 18.2 Å². The Kier molecular flexibility index (Phi) is 5.07. The van der Waals surface area contributed by atoms with Crippen molar-refractivity contribution < 1.29 is 20.1 Å². The van der Waals surface area contributed by atoms with E-state index in [1.807, 2.05) is 6.92 Å². The fourth-order valence-electron chi connectivity index (χ4n) is 3.19. The van der Waals surface area contributed by atoms with E-state index in [0.29, 0.717) is 12.0 Å². The Balaban J connectivity index is 2.15. The van der Waals surface area contributed by atoms with Crippen molar-refractivity contribution in [3.63, 3.8) is 0 Å². The molecule has 1 fully saturated rings. The monoisotopic (exact) mass is 293 g/mol. The normalized spacial score (nSPS) is 21.1. The quantitative estimate of drug-likeness (QED) is 0.727. The zero-order valence-electron chi connectivity index (χ0n) is 12.3. The van der Waals surface area contributed by atoms with Crippen LogP contribution in [0.25, 0.3) is 0 Å². The number of phenolic OH excluding ortho intramolecular Hbond substituents is 2. The van der Waals surface area contributed by atoms with Crippen molar-refractivity contribution in [2.75, 3.05) is 6.54 Å². The van der Waals surface area contributed by atoms with Gasteiger partial charge in [-0.15, -0.1) is 0 Å². The molecule has 1 saturated heterocycles. The Morgan fingerprint density at radius 1 is 1.38 bits per heavy atom. The number of carboxylic acids is 1. The Hall–Kier alpha value is -1.75. The summed E-state index contributed by atoms with van der Waals surface area (Å²) in [6.07, 6.45) is 3.96. The number of likely N-dealkylation sites (tertiary alicyclic amines) is 1. The van der Waals surface area contributed by atoms with E-state index in [4.69, 9.17) is 5.11 Å². The Morgan fingerprint density at radius 3 is 2.86 bits per heavy atom. The number of aromatic hydroxyl groups is 2. The zero-order valence-corrected chi connectivity index (χ0v) is 12.3. The average molecular weight is 293 g/mol. The van der Waals surface area contributed by atoms with Gasteiger partial charge >= 0.3 is 5.97 Å². The maximum absolute atomic E-state index is 10.8. The molecule has 21 heavy (non-hydrogen) atoms. The van der Waals surface area contributed by atoms with Gasteiger partial charge in [0.15, 0.2) is 0 Å². The van der Waals surface area contributed by atoms with Crippen LogP contribution < -0.4 is 0 Å². The number of hydrogen-bond acceptors (Lipinski definition) is 4. The lowest BCUT2D eigenvalue weighted by molar-refractivity contribution is -0.137. The number of hydrogen-bond donors (Lipinski definition) is 3. The summed E-state index contributed by atoms with van der Waals surface area (Å²) in [6.45, 7) is 2.88. The van der Waals surface area contributed by atoms with Crippen LogP contribution in [0, 0.1) is 0 Å². The van der Waals surface area contributed by atoms with Crippen molar-refractivity contribution >= 4 is 5.97 Å². The van der Waals surface area contributed by atoms with E-state index in [-0.39, 0.29) is 30.0 Å². The van der Waals surface area contributed by atoms with Gasteiger partial charge < -0.3 is 15.3 Å². The van der Waals surface area contributed by atoms with Gasteiger partial charge in [-0.05, 0) is 50.9 Å². The molecule has 0 radical (unpaired) electrons. The molecule has 0 bridgehead atoms. The number of benzene rings is 1. The molecule has 116 valence electrons. The molecule has 0 spiro atoms. The summed E-state index contributed by atoms with van der Waals surface area (Å²) >= 11 is 0. The third-order valence-corrected chi connectivity index (χ3v) is 4.32. The molecule has 1 aromatic rings. The van der Waals surface area contributed by atoms with E-state index >= 15 is 0 Å². The lowest BCUT2D eigenvalue weighted by atomic mass is 9.94. The highest BCUT2D eigenvalue weighted by Crippen LogP contribution is 2.35. The number of carbonyl (C=O) groups is 1. The Bertz CT molecular complexity index is 503. The fourth-order valence-corrected chi connectivity index (χ4v) is 3.19. The molecule has 1 aliphatic rings. The second kappa shape index (κ2) is 6.80. The maximum Gasteiger partial charge on any atom is 0.303 e. The number of piperidine rings is 1. The van der Waals surface area contributed by atoms with Crippen LogP contribution in [0.1, 0.15) is 50.6 Å². The van der Waals surface area contributed by atoms with Crippen LogP contribution in [-0.4, -0.2) is 38.8 Å². The van der Waals surface area contributed by atoms with Gasteiger partial charge in [-0.2, -0.15) is 0 Å². The second-order valence-corrected chi connectivity index (χ2v) is 5.74. The molecular weight excluding hydrogens is 270 g/mol. The first-order chi connectivity index (χ1) is 9.99. The first kappa shape index (κ1) is 15.6. The van der Waals surface area contributed by atoms with Gasteiger partial charge in [0.2, 0.25) is 0 Å². The van der Waals surface area contributed by atoms with Gasteiger partial charge in [0, 0.05) is 24.1 Å². The van der Waals surface area contributed by atoms with Crippen molar-refractivity contribution in [2.24, 2.45) is 0 Å². The van der Waals surface area contributed by atoms with Gasteiger partial charge in [-0.3, -0.25) is 9.69 Å². The van der Waals surface area contributed by atoms with E-state index in [1.54, 1.807) is 6.07 Å². The highest BCUT2D eigenvalue weighted by molar-refractivity contribution is 5.66. The third-order valence-electron chi connectivity index (χ3n) is 4.32. The number of aliphatic carboxylic acids is 1. The summed E-state index contributed by atoms with van der Waals surface area (Å²) in [5.41, 5.74) is 0.692. The number of nitrogens with zero attached hydrogens (tertiary/aromatic N) is 1. The molecule has 3 N–H and O–H groups in total. The van der Waals surface area contributed by atoms with E-state index in [1.165, 1.54) is 12.1 Å². The highest BCUT2D eigenvalue weighted by Gasteiger charge is 2.28. The van der Waals surface area contributed by atoms with Crippen molar-refractivity contribution in [2.45, 2.75) is 51.1 Å². The molecule has 2 atom stereocenters. The third kappa shape index (κ3) is 3.88. The van der Waals surface area contributed by atoms with Crippen molar-refractivity contribution in [1.82, 2.24) is 4.90 Å². The summed E-state index contributed by atoms with van der Waals surface area (Å²) in [5.74, 6) is -0.468. The van der Waals surface area contributed by atoms with Crippen LogP contribution in [-0.2, 0) is 4.79 Å². The number of carboxylic acid groups (broad SMARTS) is 1. The molecule has 0 amide bonds. The summed E-state index contributed by atoms with van der Waals surface area (Å²) in [5, 5.41) is 28.5. The highest BCUT2D eigenvalue weighted by atomic mass is 16.4. The first-order valence-electron chi connectivity index (χ1n) is 7.48. The van der Waals surface area contributed by atoms with Crippen molar-refractivity contribution in [3.05, 3.63) is 23.8 Å². The lowest BCUT2D eigenvalue weighted by Gasteiger charge is -2.40. The molecule has 1 heterocycles. The SMILES string of the molecule is CC(c1cc(O)ccc1O)N1CCCCC1CCC(=O)O. The van der Waals surface area contributed by atoms with Crippen molar-refractivity contribution in [1.29, 1.82) is 0 Å². The fraction of sp³-hybridized carbons (Fsp3) is 0.562. The minimum Gasteiger partial charge on any atom is -0.508 e. The molecule has 1 aliphatic heterocycles. The summed E-state index contributed by atoms with van der Waals surface area (Å²) in [4.78, 5) is 13.0. The van der Waals surface area contributed by atoms with Crippen LogP contribution in [0.4, 0.5) is 0 Å². The predicted octanol–water partition coefficient (Wildman–Crippen LogP) is 2.88. The van der Waals surface area contributed by atoms with Gasteiger partial charge in [0.05, 0.1) is 0 Å². The van der Waals surface area contributed by atoms with Crippen LogP contribution >= 0.6 is 0 Å². The summed E-state index contributed by atoms with van der Waals surface area (Å²) in [6, 6.07) is 4.71. The maximum atomic E-state index is 10.8.